The first-order valence-corrected chi connectivity index (χ1v) is 16.8. The first-order valence-electron chi connectivity index (χ1n) is 16.5. The number of nitrogen functional groups attached to an aromatic ring is 1. The summed E-state index contributed by atoms with van der Waals surface area (Å²) in [5.41, 5.74) is 4.06. The second kappa shape index (κ2) is 13.2. The standard InChI is InChI=1S/C33H35ClF6N8O3/c1-45(2)30(49)27-25(34)22-14-46(8-4-10-48(22)44-27)29-18-15-50-23(24-19(33(38,39)40)5-6-20(41)26(24)35)11-21(18)42-31(43-29)51-16-32-7-3-9-47(32)13-17(12-32)28(36)37/h5-6,23H,3-4,7-16,41H2,1-2H3/t23?,32-/m0/s1. The molecule has 1 aromatic carbocycles. The predicted octanol–water partition coefficient (Wildman–Crippen LogP) is 5.76. The Morgan fingerprint density at radius 1 is 1.16 bits per heavy atom. The highest BCUT2D eigenvalue weighted by Crippen LogP contribution is 2.45. The predicted molar refractivity (Wildman–Crippen MR) is 173 cm³/mol. The van der Waals surface area contributed by atoms with E-state index in [1.54, 1.807) is 18.8 Å². The number of benzene rings is 1. The average Bonchev–Trinajstić information content (AvgIpc) is 3.68. The number of rotatable bonds is 6. The molecule has 18 heteroatoms. The van der Waals surface area contributed by atoms with Gasteiger partial charge in [0.1, 0.15) is 12.4 Å². The average molecular weight is 741 g/mol. The number of nitrogens with two attached hydrogens (primary N) is 1. The Labute approximate surface area is 293 Å². The molecule has 2 atom stereocenters. The van der Waals surface area contributed by atoms with E-state index in [2.05, 4.69) is 10.1 Å². The van der Waals surface area contributed by atoms with E-state index in [-0.39, 0.29) is 73.0 Å². The molecule has 6 heterocycles. The topological polar surface area (TPSA) is 115 Å². The fourth-order valence-corrected chi connectivity index (χ4v) is 7.87. The number of hydrogen-bond acceptors (Lipinski definition) is 9. The molecule has 11 nitrogen and oxygen atoms in total. The lowest BCUT2D eigenvalue weighted by Gasteiger charge is -2.33. The molecule has 7 rings (SSSR count). The Morgan fingerprint density at radius 2 is 1.94 bits per heavy atom. The SMILES string of the molecule is CN(C)C(=O)c1nn2c(c1Cl)CN(c1nc(OC[C@@]34CCCN3CC(=C(F)F)C4)nc3c1COC(c1c(C(F)(F)F)ccc(N)c1F)C3)CCC2. The molecule has 0 saturated carbocycles. The van der Waals surface area contributed by atoms with Crippen LogP contribution >= 0.6 is 11.6 Å². The number of fused-ring (bicyclic) bond motifs is 3. The number of amides is 1. The van der Waals surface area contributed by atoms with Gasteiger partial charge in [0.15, 0.2) is 11.5 Å². The summed E-state index contributed by atoms with van der Waals surface area (Å²) in [5.74, 6) is -1.24. The summed E-state index contributed by atoms with van der Waals surface area (Å²) in [4.78, 5) is 27.4. The summed E-state index contributed by atoms with van der Waals surface area (Å²) < 4.78 is 98.7. The van der Waals surface area contributed by atoms with E-state index in [0.29, 0.717) is 49.6 Å². The number of aryl methyl sites for hydroxylation is 1. The van der Waals surface area contributed by atoms with Crippen LogP contribution in [-0.4, -0.2) is 81.3 Å². The van der Waals surface area contributed by atoms with E-state index in [9.17, 15) is 26.7 Å². The zero-order valence-corrected chi connectivity index (χ0v) is 28.6. The molecule has 4 aliphatic rings. The van der Waals surface area contributed by atoms with Crippen LogP contribution in [0.1, 0.15) is 70.4 Å². The van der Waals surface area contributed by atoms with E-state index < -0.39 is 46.5 Å². The smallest absolute Gasteiger partial charge is 0.416 e. The van der Waals surface area contributed by atoms with Crippen LogP contribution in [0.15, 0.2) is 23.8 Å². The van der Waals surface area contributed by atoms with Gasteiger partial charge in [0.2, 0.25) is 0 Å². The lowest BCUT2D eigenvalue weighted by molar-refractivity contribution is -0.140. The highest BCUT2D eigenvalue weighted by molar-refractivity contribution is 6.34. The maximum absolute atomic E-state index is 15.4. The number of halogens is 7. The number of carbonyl (C=O) groups is 1. The molecule has 0 radical (unpaired) electrons. The highest BCUT2D eigenvalue weighted by atomic mass is 35.5. The molecule has 1 unspecified atom stereocenters. The van der Waals surface area contributed by atoms with Gasteiger partial charge >= 0.3 is 12.2 Å². The second-order valence-electron chi connectivity index (χ2n) is 13.6. The maximum Gasteiger partial charge on any atom is 0.416 e. The van der Waals surface area contributed by atoms with Gasteiger partial charge in [-0.3, -0.25) is 14.4 Å². The lowest BCUT2D eigenvalue weighted by Crippen LogP contribution is -2.43. The minimum absolute atomic E-state index is 0.00138. The Hall–Kier alpha value is -4.09. The van der Waals surface area contributed by atoms with Gasteiger partial charge in [-0.1, -0.05) is 11.6 Å². The number of hydrogen-bond donors (Lipinski definition) is 1. The van der Waals surface area contributed by atoms with E-state index in [1.807, 2.05) is 9.80 Å². The summed E-state index contributed by atoms with van der Waals surface area (Å²) in [6, 6.07) is 1.48. The lowest BCUT2D eigenvalue weighted by atomic mass is 9.93. The van der Waals surface area contributed by atoms with Gasteiger partial charge in [-0.2, -0.15) is 37.0 Å². The Balaban J connectivity index is 1.27. The van der Waals surface area contributed by atoms with E-state index >= 15 is 4.39 Å². The van der Waals surface area contributed by atoms with Crippen molar-refractivity contribution in [2.75, 3.05) is 51.0 Å². The summed E-state index contributed by atoms with van der Waals surface area (Å²) in [6.45, 7) is 1.53. The van der Waals surface area contributed by atoms with Crippen LogP contribution in [0.3, 0.4) is 0 Å². The number of ether oxygens (including phenoxy) is 2. The molecule has 51 heavy (non-hydrogen) atoms. The summed E-state index contributed by atoms with van der Waals surface area (Å²) in [7, 11) is 3.18. The maximum atomic E-state index is 15.4. The molecular formula is C33H35ClF6N8O3. The van der Waals surface area contributed by atoms with E-state index in [0.717, 1.165) is 18.6 Å². The zero-order chi connectivity index (χ0) is 36.4. The Kier molecular flexibility index (Phi) is 9.11. The van der Waals surface area contributed by atoms with Gasteiger partial charge in [0.05, 0.1) is 52.5 Å². The molecule has 2 N–H and O–H groups in total. The van der Waals surface area contributed by atoms with Crippen molar-refractivity contribution in [1.82, 2.24) is 29.5 Å². The number of alkyl halides is 3. The minimum atomic E-state index is -4.89. The number of nitrogens with zero attached hydrogens (tertiary/aromatic N) is 7. The summed E-state index contributed by atoms with van der Waals surface area (Å²) >= 11 is 6.72. The molecule has 0 bridgehead atoms. The van der Waals surface area contributed by atoms with Gasteiger partial charge in [0.25, 0.3) is 12.0 Å². The first kappa shape index (κ1) is 35.3. The van der Waals surface area contributed by atoms with E-state index in [1.165, 1.54) is 4.90 Å². The fourth-order valence-electron chi connectivity index (χ4n) is 7.59. The van der Waals surface area contributed by atoms with Crippen molar-refractivity contribution in [3.8, 4) is 6.01 Å². The summed E-state index contributed by atoms with van der Waals surface area (Å²) in [6.07, 6.45) is -6.15. The van der Waals surface area contributed by atoms with Gasteiger partial charge < -0.3 is 25.0 Å². The molecule has 0 aliphatic carbocycles. The Bertz CT molecular complexity index is 1920. The fraction of sp³-hybridized carbons (Fsp3) is 0.515. The van der Waals surface area contributed by atoms with Crippen molar-refractivity contribution in [1.29, 1.82) is 0 Å². The van der Waals surface area contributed by atoms with Crippen LogP contribution in [0.2, 0.25) is 5.02 Å². The second-order valence-corrected chi connectivity index (χ2v) is 14.0. The third-order valence-corrected chi connectivity index (χ3v) is 10.5. The normalized spacial score (nSPS) is 22.0. The third kappa shape index (κ3) is 6.37. The largest absolute Gasteiger partial charge is 0.461 e. The van der Waals surface area contributed by atoms with Crippen molar-refractivity contribution < 1.29 is 40.6 Å². The van der Waals surface area contributed by atoms with Gasteiger partial charge in [-0.05, 0) is 44.4 Å². The van der Waals surface area contributed by atoms with Crippen LogP contribution in [0, 0.1) is 5.82 Å². The van der Waals surface area contributed by atoms with Gasteiger partial charge in [0, 0.05) is 56.9 Å². The molecule has 2 saturated heterocycles. The number of aromatic nitrogens is 4. The highest BCUT2D eigenvalue weighted by Gasteiger charge is 2.48. The van der Waals surface area contributed by atoms with Crippen molar-refractivity contribution in [2.24, 2.45) is 0 Å². The zero-order valence-electron chi connectivity index (χ0n) is 27.8. The number of anilines is 2. The van der Waals surface area contributed by atoms with Crippen LogP contribution in [0.25, 0.3) is 0 Å². The quantitative estimate of drug-likeness (QED) is 0.249. The molecule has 0 spiro atoms. The minimum Gasteiger partial charge on any atom is -0.461 e. The molecular weight excluding hydrogens is 706 g/mol. The third-order valence-electron chi connectivity index (χ3n) is 10.1. The molecule has 274 valence electrons. The molecule has 3 aromatic rings. The molecule has 4 aliphatic heterocycles. The van der Waals surface area contributed by atoms with Crippen molar-refractivity contribution in [2.45, 2.75) is 69.6 Å². The number of carbonyl (C=O) groups excluding carboxylic acids is 1. The van der Waals surface area contributed by atoms with Crippen LogP contribution < -0.4 is 15.4 Å². The van der Waals surface area contributed by atoms with Gasteiger partial charge in [-0.15, -0.1) is 0 Å². The Morgan fingerprint density at radius 3 is 2.67 bits per heavy atom. The van der Waals surface area contributed by atoms with Crippen molar-refractivity contribution >= 4 is 29.0 Å². The summed E-state index contributed by atoms with van der Waals surface area (Å²) in [5, 5.41) is 4.64. The van der Waals surface area contributed by atoms with Gasteiger partial charge in [-0.25, -0.2) is 4.39 Å². The van der Waals surface area contributed by atoms with Crippen LogP contribution in [-0.2, 0) is 37.0 Å². The van der Waals surface area contributed by atoms with Crippen LogP contribution in [0.5, 0.6) is 6.01 Å². The first-order chi connectivity index (χ1) is 24.2. The van der Waals surface area contributed by atoms with Crippen molar-refractivity contribution in [3.05, 3.63) is 68.4 Å². The molecule has 1 amide bonds. The van der Waals surface area contributed by atoms with E-state index in [4.69, 9.17) is 31.8 Å². The molecule has 2 aromatic heterocycles. The molecule has 2 fully saturated rings. The van der Waals surface area contributed by atoms with Crippen molar-refractivity contribution in [3.63, 3.8) is 0 Å². The van der Waals surface area contributed by atoms with Crippen LogP contribution in [0.4, 0.5) is 37.8 Å². The monoisotopic (exact) mass is 740 g/mol.